The second-order valence-corrected chi connectivity index (χ2v) is 4.29. The summed E-state index contributed by atoms with van der Waals surface area (Å²) in [5, 5.41) is 6.59. The maximum Gasteiger partial charge on any atom is 0.435 e. The van der Waals surface area contributed by atoms with Gasteiger partial charge < -0.3 is 5.32 Å². The van der Waals surface area contributed by atoms with Crippen molar-refractivity contribution >= 4 is 0 Å². The van der Waals surface area contributed by atoms with Crippen LogP contribution < -0.4 is 5.32 Å². The molecule has 0 unspecified atom stereocenters. The lowest BCUT2D eigenvalue weighted by Gasteiger charge is -2.09. The van der Waals surface area contributed by atoms with Gasteiger partial charge in [0.1, 0.15) is 0 Å². The van der Waals surface area contributed by atoms with Crippen LogP contribution in [-0.4, -0.2) is 16.8 Å². The molecule has 102 valence electrons. The zero-order chi connectivity index (χ0) is 14.0. The fraction of sp³-hybridized carbons (Fsp3) is 0.308. The summed E-state index contributed by atoms with van der Waals surface area (Å²) in [6.07, 6.45) is -3.09. The lowest BCUT2D eigenvalue weighted by molar-refractivity contribution is -0.141. The lowest BCUT2D eigenvalue weighted by Crippen LogP contribution is -2.08. The second-order valence-electron chi connectivity index (χ2n) is 4.29. The van der Waals surface area contributed by atoms with Gasteiger partial charge in [0.05, 0.1) is 5.69 Å². The summed E-state index contributed by atoms with van der Waals surface area (Å²) in [5.74, 6) is 0. The van der Waals surface area contributed by atoms with Crippen molar-refractivity contribution < 1.29 is 13.2 Å². The number of hydrogen-bond donors (Lipinski definition) is 1. The molecule has 0 amide bonds. The smallest absolute Gasteiger partial charge is 0.316 e. The Labute approximate surface area is 109 Å². The molecule has 0 saturated carbocycles. The van der Waals surface area contributed by atoms with Crippen LogP contribution in [0, 0.1) is 6.92 Å². The van der Waals surface area contributed by atoms with E-state index in [2.05, 4.69) is 10.4 Å². The molecule has 0 aliphatic carbocycles. The highest BCUT2D eigenvalue weighted by atomic mass is 19.4. The van der Waals surface area contributed by atoms with Crippen LogP contribution in [0.2, 0.25) is 0 Å². The number of hydrogen-bond acceptors (Lipinski definition) is 2. The number of alkyl halides is 3. The predicted octanol–water partition coefficient (Wildman–Crippen LogP) is 2.92. The van der Waals surface area contributed by atoms with Gasteiger partial charge >= 0.3 is 6.18 Å². The fourth-order valence-corrected chi connectivity index (χ4v) is 1.90. The highest BCUT2D eigenvalue weighted by Gasteiger charge is 2.33. The molecule has 0 saturated heterocycles. The van der Waals surface area contributed by atoms with E-state index < -0.39 is 11.9 Å². The third-order valence-electron chi connectivity index (χ3n) is 2.77. The van der Waals surface area contributed by atoms with Crippen molar-refractivity contribution in [2.45, 2.75) is 19.6 Å². The Morgan fingerprint density at radius 2 is 2.00 bits per heavy atom. The number of rotatable bonds is 3. The Morgan fingerprint density at radius 3 is 2.53 bits per heavy atom. The first kappa shape index (κ1) is 13.6. The summed E-state index contributed by atoms with van der Waals surface area (Å²) in [4.78, 5) is 0. The van der Waals surface area contributed by atoms with Crippen LogP contribution in [0.3, 0.4) is 0 Å². The molecule has 0 radical (unpaired) electrons. The quantitative estimate of drug-likeness (QED) is 0.928. The van der Waals surface area contributed by atoms with E-state index in [-0.39, 0.29) is 0 Å². The molecule has 0 atom stereocenters. The van der Waals surface area contributed by atoms with Gasteiger partial charge in [-0.2, -0.15) is 18.3 Å². The van der Waals surface area contributed by atoms with Crippen LogP contribution in [0.25, 0.3) is 5.69 Å². The molecule has 19 heavy (non-hydrogen) atoms. The number of nitrogens with one attached hydrogen (secondary N) is 1. The van der Waals surface area contributed by atoms with Gasteiger partial charge in [-0.25, -0.2) is 4.68 Å². The van der Waals surface area contributed by atoms with Crippen molar-refractivity contribution in [3.05, 3.63) is 47.3 Å². The molecule has 0 aliphatic rings. The van der Waals surface area contributed by atoms with Crippen molar-refractivity contribution in [1.82, 2.24) is 15.1 Å². The van der Waals surface area contributed by atoms with Crippen LogP contribution in [0.5, 0.6) is 0 Å². The summed E-state index contributed by atoms with van der Waals surface area (Å²) in [5.41, 5.74) is 1.72. The normalized spacial score (nSPS) is 11.8. The Kier molecular flexibility index (Phi) is 3.61. The van der Waals surface area contributed by atoms with Gasteiger partial charge in [-0.3, -0.25) is 0 Å². The van der Waals surface area contributed by atoms with Crippen LogP contribution >= 0.6 is 0 Å². The summed E-state index contributed by atoms with van der Waals surface area (Å²) in [6.45, 7) is 2.57. The largest absolute Gasteiger partial charge is 0.435 e. The first-order valence-electron chi connectivity index (χ1n) is 5.79. The molecular formula is C13H14F3N3. The highest BCUT2D eigenvalue weighted by molar-refractivity contribution is 5.42. The average Bonchev–Trinajstić information content (AvgIpc) is 2.78. The van der Waals surface area contributed by atoms with Crippen molar-refractivity contribution in [2.75, 3.05) is 7.05 Å². The Morgan fingerprint density at radius 1 is 1.26 bits per heavy atom. The van der Waals surface area contributed by atoms with E-state index in [1.807, 2.05) is 26.1 Å². The fourth-order valence-electron chi connectivity index (χ4n) is 1.90. The summed E-state index contributed by atoms with van der Waals surface area (Å²) in [7, 11) is 1.84. The van der Waals surface area contributed by atoms with Gasteiger partial charge in [0.25, 0.3) is 0 Å². The van der Waals surface area contributed by atoms with Gasteiger partial charge in [-0.1, -0.05) is 12.1 Å². The van der Waals surface area contributed by atoms with E-state index in [0.717, 1.165) is 17.2 Å². The molecule has 1 N–H and O–H groups in total. The van der Waals surface area contributed by atoms with E-state index >= 15 is 0 Å². The summed E-state index contributed by atoms with van der Waals surface area (Å²) < 4.78 is 38.7. The van der Waals surface area contributed by atoms with Crippen LogP contribution in [0.1, 0.15) is 16.8 Å². The van der Waals surface area contributed by atoms with E-state index in [9.17, 15) is 13.2 Å². The van der Waals surface area contributed by atoms with Crippen LogP contribution in [0.15, 0.2) is 30.5 Å². The maximum absolute atomic E-state index is 12.5. The van der Waals surface area contributed by atoms with Gasteiger partial charge in [0.15, 0.2) is 5.69 Å². The van der Waals surface area contributed by atoms with Crippen molar-refractivity contribution in [1.29, 1.82) is 0 Å². The first-order chi connectivity index (χ1) is 8.91. The molecule has 3 nitrogen and oxygen atoms in total. The van der Waals surface area contributed by atoms with E-state index in [1.54, 1.807) is 6.07 Å². The van der Waals surface area contributed by atoms with Crippen molar-refractivity contribution in [3.8, 4) is 5.69 Å². The van der Waals surface area contributed by atoms with Crippen LogP contribution in [-0.2, 0) is 12.7 Å². The van der Waals surface area contributed by atoms with E-state index in [1.165, 1.54) is 10.9 Å². The molecule has 2 rings (SSSR count). The zero-order valence-corrected chi connectivity index (χ0v) is 10.6. The molecule has 0 aliphatic heterocycles. The molecule has 2 aromatic rings. The lowest BCUT2D eigenvalue weighted by atomic mass is 10.1. The molecule has 6 heteroatoms. The molecular weight excluding hydrogens is 255 g/mol. The molecule has 0 spiro atoms. The molecule has 0 fully saturated rings. The summed E-state index contributed by atoms with van der Waals surface area (Å²) >= 11 is 0. The van der Waals surface area contributed by atoms with Crippen molar-refractivity contribution in [2.24, 2.45) is 0 Å². The van der Waals surface area contributed by atoms with Crippen molar-refractivity contribution in [3.63, 3.8) is 0 Å². The number of aryl methyl sites for hydroxylation is 1. The van der Waals surface area contributed by atoms with Gasteiger partial charge in [-0.05, 0) is 37.2 Å². The minimum absolute atomic E-state index is 0.648. The SMILES string of the molecule is CNCc1ccc(-n2ccc(C(F)(F)F)n2)c(C)c1. The molecule has 1 aromatic heterocycles. The Hall–Kier alpha value is -1.82. The number of aromatic nitrogens is 2. The van der Waals surface area contributed by atoms with Gasteiger partial charge in [0.2, 0.25) is 0 Å². The number of benzene rings is 1. The molecule has 0 bridgehead atoms. The minimum Gasteiger partial charge on any atom is -0.316 e. The number of halogens is 3. The standard InChI is InChI=1S/C13H14F3N3/c1-9-7-10(8-17-2)3-4-11(9)19-6-5-12(18-19)13(14,15)16/h3-7,17H,8H2,1-2H3. The number of nitrogens with zero attached hydrogens (tertiary/aromatic N) is 2. The Bertz CT molecular complexity index is 573. The topological polar surface area (TPSA) is 29.9 Å². The maximum atomic E-state index is 12.5. The molecule has 1 aromatic carbocycles. The monoisotopic (exact) mass is 269 g/mol. The predicted molar refractivity (Wildman–Crippen MR) is 66.1 cm³/mol. The third kappa shape index (κ3) is 2.96. The third-order valence-corrected chi connectivity index (χ3v) is 2.77. The molecule has 1 heterocycles. The van der Waals surface area contributed by atoms with Gasteiger partial charge in [-0.15, -0.1) is 0 Å². The van der Waals surface area contributed by atoms with E-state index in [0.29, 0.717) is 12.2 Å². The van der Waals surface area contributed by atoms with E-state index in [4.69, 9.17) is 0 Å². The second kappa shape index (κ2) is 5.05. The Balaban J connectivity index is 2.34. The minimum atomic E-state index is -4.41. The highest BCUT2D eigenvalue weighted by Crippen LogP contribution is 2.28. The average molecular weight is 269 g/mol. The van der Waals surface area contributed by atoms with Crippen LogP contribution in [0.4, 0.5) is 13.2 Å². The first-order valence-corrected chi connectivity index (χ1v) is 5.79. The summed E-state index contributed by atoms with van der Waals surface area (Å²) in [6, 6.07) is 6.55. The van der Waals surface area contributed by atoms with Gasteiger partial charge in [0, 0.05) is 12.7 Å². The zero-order valence-electron chi connectivity index (χ0n) is 10.6.